The minimum Gasteiger partial charge on any atom is -0.338 e. The molecule has 3 aromatic rings. The summed E-state index contributed by atoms with van der Waals surface area (Å²) in [6, 6.07) is 14.4. The van der Waals surface area contributed by atoms with Gasteiger partial charge < -0.3 is 4.57 Å². The van der Waals surface area contributed by atoms with E-state index in [4.69, 9.17) is 0 Å². The maximum absolute atomic E-state index is 12.1. The molecule has 0 aliphatic heterocycles. The number of benzene rings is 2. The fourth-order valence-electron chi connectivity index (χ4n) is 2.38. The Labute approximate surface area is 117 Å². The number of hydrogen-bond acceptors (Lipinski definition) is 2. The average molecular weight is 264 g/mol. The third-order valence-corrected chi connectivity index (χ3v) is 3.49. The molecule has 0 radical (unpaired) electrons. The van der Waals surface area contributed by atoms with Crippen LogP contribution in [-0.2, 0) is 24.7 Å². The molecule has 0 bridgehead atoms. The molecule has 0 aliphatic carbocycles. The molecule has 0 aliphatic rings. The van der Waals surface area contributed by atoms with E-state index < -0.39 is 0 Å². The number of rotatable bonds is 4. The van der Waals surface area contributed by atoms with Crippen LogP contribution in [0.25, 0.3) is 10.8 Å². The summed E-state index contributed by atoms with van der Waals surface area (Å²) in [4.78, 5) is 16.3. The van der Waals surface area contributed by atoms with Crippen molar-refractivity contribution in [2.45, 2.75) is 12.8 Å². The van der Waals surface area contributed by atoms with Crippen LogP contribution in [0.2, 0.25) is 0 Å². The van der Waals surface area contributed by atoms with E-state index in [1.54, 1.807) is 6.20 Å². The molecule has 0 unspecified atom stereocenters. The Morgan fingerprint density at radius 2 is 1.90 bits per heavy atom. The second-order valence-corrected chi connectivity index (χ2v) is 5.03. The molecule has 0 spiro atoms. The van der Waals surface area contributed by atoms with E-state index >= 15 is 0 Å². The van der Waals surface area contributed by atoms with Crippen LogP contribution < -0.4 is 0 Å². The maximum atomic E-state index is 12.1. The van der Waals surface area contributed by atoms with Gasteiger partial charge in [-0.1, -0.05) is 42.5 Å². The van der Waals surface area contributed by atoms with Crippen molar-refractivity contribution in [3.8, 4) is 0 Å². The van der Waals surface area contributed by atoms with Crippen LogP contribution in [0, 0.1) is 0 Å². The van der Waals surface area contributed by atoms with Crippen molar-refractivity contribution in [2.24, 2.45) is 7.05 Å². The number of imidazole rings is 1. The Kier molecular flexibility index (Phi) is 3.33. The first-order valence-electron chi connectivity index (χ1n) is 6.68. The molecule has 0 fully saturated rings. The van der Waals surface area contributed by atoms with Crippen molar-refractivity contribution in [3.63, 3.8) is 0 Å². The van der Waals surface area contributed by atoms with Gasteiger partial charge in [0, 0.05) is 25.9 Å². The lowest BCUT2D eigenvalue weighted by Crippen LogP contribution is -2.10. The van der Waals surface area contributed by atoms with Crippen LogP contribution >= 0.6 is 0 Å². The molecular weight excluding hydrogens is 248 g/mol. The second-order valence-electron chi connectivity index (χ2n) is 5.03. The van der Waals surface area contributed by atoms with E-state index in [2.05, 4.69) is 29.2 Å². The molecule has 0 saturated heterocycles. The highest BCUT2D eigenvalue weighted by atomic mass is 16.1. The van der Waals surface area contributed by atoms with Crippen molar-refractivity contribution in [3.05, 3.63) is 66.2 Å². The van der Waals surface area contributed by atoms with Gasteiger partial charge >= 0.3 is 0 Å². The smallest absolute Gasteiger partial charge is 0.144 e. The highest BCUT2D eigenvalue weighted by Gasteiger charge is 2.09. The standard InChI is InChI=1S/C17H16N2O/c1-19-9-8-18-17(19)12-16(20)11-13-6-7-14-4-2-3-5-15(14)10-13/h2-10H,11-12H2,1H3. The molecule has 100 valence electrons. The molecule has 20 heavy (non-hydrogen) atoms. The maximum Gasteiger partial charge on any atom is 0.144 e. The van der Waals surface area contributed by atoms with Crippen LogP contribution in [0.3, 0.4) is 0 Å². The van der Waals surface area contributed by atoms with Crippen LogP contribution in [-0.4, -0.2) is 15.3 Å². The first-order chi connectivity index (χ1) is 9.72. The first kappa shape index (κ1) is 12.6. The molecule has 0 atom stereocenters. The lowest BCUT2D eigenvalue weighted by molar-refractivity contribution is -0.117. The van der Waals surface area contributed by atoms with Crippen molar-refractivity contribution in [2.75, 3.05) is 0 Å². The zero-order valence-electron chi connectivity index (χ0n) is 11.4. The van der Waals surface area contributed by atoms with E-state index in [0.29, 0.717) is 12.8 Å². The van der Waals surface area contributed by atoms with E-state index in [-0.39, 0.29) is 5.78 Å². The summed E-state index contributed by atoms with van der Waals surface area (Å²) in [5, 5.41) is 2.38. The summed E-state index contributed by atoms with van der Waals surface area (Å²) in [7, 11) is 1.91. The summed E-state index contributed by atoms with van der Waals surface area (Å²) in [6.45, 7) is 0. The third kappa shape index (κ3) is 2.62. The normalized spacial score (nSPS) is 10.8. The minimum absolute atomic E-state index is 0.189. The monoisotopic (exact) mass is 264 g/mol. The van der Waals surface area contributed by atoms with E-state index in [1.807, 2.05) is 36.0 Å². The van der Waals surface area contributed by atoms with Crippen molar-refractivity contribution >= 4 is 16.6 Å². The number of aryl methyl sites for hydroxylation is 1. The van der Waals surface area contributed by atoms with Gasteiger partial charge in [0.25, 0.3) is 0 Å². The van der Waals surface area contributed by atoms with Crippen molar-refractivity contribution in [1.29, 1.82) is 0 Å². The lowest BCUT2D eigenvalue weighted by Gasteiger charge is -2.04. The number of aromatic nitrogens is 2. The van der Waals surface area contributed by atoms with Gasteiger partial charge in [-0.25, -0.2) is 4.98 Å². The molecule has 0 amide bonds. The summed E-state index contributed by atoms with van der Waals surface area (Å²) in [6.07, 6.45) is 4.42. The van der Waals surface area contributed by atoms with Gasteiger partial charge in [-0.2, -0.15) is 0 Å². The minimum atomic E-state index is 0.189. The first-order valence-corrected chi connectivity index (χ1v) is 6.68. The Balaban J connectivity index is 1.75. The molecule has 3 heteroatoms. The quantitative estimate of drug-likeness (QED) is 0.726. The van der Waals surface area contributed by atoms with Gasteiger partial charge in [0.1, 0.15) is 11.6 Å². The summed E-state index contributed by atoms with van der Waals surface area (Å²) in [5.74, 6) is 1.00. The zero-order chi connectivity index (χ0) is 13.9. The fourth-order valence-corrected chi connectivity index (χ4v) is 2.38. The topological polar surface area (TPSA) is 34.9 Å². The van der Waals surface area contributed by atoms with Gasteiger partial charge in [-0.05, 0) is 16.3 Å². The zero-order valence-corrected chi connectivity index (χ0v) is 11.4. The molecular formula is C17H16N2O. The predicted molar refractivity (Wildman–Crippen MR) is 79.6 cm³/mol. The summed E-state index contributed by atoms with van der Waals surface area (Å²) < 4.78 is 1.89. The Bertz CT molecular complexity index is 758. The molecule has 3 rings (SSSR count). The van der Waals surface area contributed by atoms with Crippen LogP contribution in [0.1, 0.15) is 11.4 Å². The predicted octanol–water partition coefficient (Wildman–Crippen LogP) is 2.93. The highest BCUT2D eigenvalue weighted by Crippen LogP contribution is 2.16. The van der Waals surface area contributed by atoms with E-state index in [0.717, 1.165) is 11.4 Å². The second kappa shape index (κ2) is 5.29. The average Bonchev–Trinajstić information content (AvgIpc) is 2.84. The largest absolute Gasteiger partial charge is 0.338 e. The van der Waals surface area contributed by atoms with E-state index in [1.165, 1.54) is 10.8 Å². The number of carbonyl (C=O) groups excluding carboxylic acids is 1. The number of hydrogen-bond donors (Lipinski definition) is 0. The van der Waals surface area contributed by atoms with Gasteiger partial charge in [0.15, 0.2) is 0 Å². The Hall–Kier alpha value is -2.42. The number of fused-ring (bicyclic) bond motifs is 1. The summed E-state index contributed by atoms with van der Waals surface area (Å²) in [5.41, 5.74) is 1.06. The fraction of sp³-hybridized carbons (Fsp3) is 0.176. The summed E-state index contributed by atoms with van der Waals surface area (Å²) >= 11 is 0. The van der Waals surface area contributed by atoms with Gasteiger partial charge in [-0.15, -0.1) is 0 Å². The number of Topliss-reactive ketones (excluding diaryl/α,β-unsaturated/α-hetero) is 1. The van der Waals surface area contributed by atoms with Crippen molar-refractivity contribution in [1.82, 2.24) is 9.55 Å². The number of carbonyl (C=O) groups is 1. The van der Waals surface area contributed by atoms with Crippen molar-refractivity contribution < 1.29 is 4.79 Å². The molecule has 0 saturated carbocycles. The van der Waals surface area contributed by atoms with Gasteiger partial charge in [0.2, 0.25) is 0 Å². The SMILES string of the molecule is Cn1ccnc1CC(=O)Cc1ccc2ccccc2c1. The molecule has 0 N–H and O–H groups in total. The van der Waals surface area contributed by atoms with Crippen LogP contribution in [0.4, 0.5) is 0 Å². The molecule has 1 aromatic heterocycles. The lowest BCUT2D eigenvalue weighted by atomic mass is 10.0. The number of nitrogens with zero attached hydrogens (tertiary/aromatic N) is 2. The molecule has 3 nitrogen and oxygen atoms in total. The van der Waals surface area contributed by atoms with Gasteiger partial charge in [-0.3, -0.25) is 4.79 Å². The van der Waals surface area contributed by atoms with Crippen LogP contribution in [0.15, 0.2) is 54.9 Å². The van der Waals surface area contributed by atoms with Crippen LogP contribution in [0.5, 0.6) is 0 Å². The third-order valence-electron chi connectivity index (χ3n) is 3.49. The van der Waals surface area contributed by atoms with E-state index in [9.17, 15) is 4.79 Å². The number of ketones is 1. The molecule has 1 heterocycles. The molecule has 2 aromatic carbocycles. The van der Waals surface area contributed by atoms with Gasteiger partial charge in [0.05, 0.1) is 6.42 Å². The Morgan fingerprint density at radius 1 is 1.10 bits per heavy atom. The Morgan fingerprint density at radius 3 is 2.65 bits per heavy atom. The highest BCUT2D eigenvalue weighted by molar-refractivity contribution is 5.86.